The van der Waals surface area contributed by atoms with E-state index in [1.807, 2.05) is 23.1 Å². The predicted octanol–water partition coefficient (Wildman–Crippen LogP) is 1.13. The Morgan fingerprint density at radius 3 is 2.73 bits per heavy atom. The van der Waals surface area contributed by atoms with E-state index in [9.17, 15) is 9.59 Å². The largest absolute Gasteiger partial charge is 0.379 e. The first kappa shape index (κ1) is 15.0. The van der Waals surface area contributed by atoms with Gasteiger partial charge in [-0.05, 0) is 24.8 Å². The van der Waals surface area contributed by atoms with E-state index in [0.717, 1.165) is 12.8 Å². The summed E-state index contributed by atoms with van der Waals surface area (Å²) in [7, 11) is 0. The third-order valence-corrected chi connectivity index (χ3v) is 4.41. The number of nitrogens with one attached hydrogen (secondary N) is 1. The Balaban J connectivity index is 1.66. The van der Waals surface area contributed by atoms with Crippen LogP contribution in [0.15, 0.2) is 30.3 Å². The molecule has 0 spiro atoms. The van der Waals surface area contributed by atoms with Crippen LogP contribution in [0.5, 0.6) is 0 Å². The van der Waals surface area contributed by atoms with Crippen LogP contribution in [0.4, 0.5) is 0 Å². The molecule has 3 rings (SSSR count). The summed E-state index contributed by atoms with van der Waals surface area (Å²) in [5.74, 6) is 0.0151. The molecule has 1 aromatic rings. The molecule has 0 aliphatic carbocycles. The maximum atomic E-state index is 12.8. The highest BCUT2D eigenvalue weighted by molar-refractivity contribution is 5.91. The van der Waals surface area contributed by atoms with Crippen molar-refractivity contribution >= 4 is 11.8 Å². The Hall–Kier alpha value is -1.88. The van der Waals surface area contributed by atoms with Crippen LogP contribution >= 0.6 is 0 Å². The lowest BCUT2D eigenvalue weighted by Crippen LogP contribution is -2.50. The van der Waals surface area contributed by atoms with Gasteiger partial charge in [0, 0.05) is 19.6 Å². The second kappa shape index (κ2) is 6.92. The van der Waals surface area contributed by atoms with Crippen molar-refractivity contribution in [2.75, 3.05) is 19.8 Å². The lowest BCUT2D eigenvalue weighted by Gasteiger charge is -2.30. The molecular formula is C17H22N2O3. The second-order valence-corrected chi connectivity index (χ2v) is 5.94. The molecule has 2 saturated heterocycles. The summed E-state index contributed by atoms with van der Waals surface area (Å²) in [5.41, 5.74) is 1.22. The Morgan fingerprint density at radius 1 is 1.27 bits per heavy atom. The van der Waals surface area contributed by atoms with Gasteiger partial charge >= 0.3 is 0 Å². The van der Waals surface area contributed by atoms with Crippen molar-refractivity contribution in [3.05, 3.63) is 35.9 Å². The molecule has 0 saturated carbocycles. The van der Waals surface area contributed by atoms with E-state index in [2.05, 4.69) is 17.4 Å². The molecule has 5 heteroatoms. The first-order valence-corrected chi connectivity index (χ1v) is 7.95. The van der Waals surface area contributed by atoms with Crippen molar-refractivity contribution in [1.29, 1.82) is 0 Å². The molecule has 1 aromatic carbocycles. The van der Waals surface area contributed by atoms with E-state index in [-0.39, 0.29) is 23.9 Å². The van der Waals surface area contributed by atoms with Gasteiger partial charge in [-0.1, -0.05) is 30.3 Å². The molecule has 1 N–H and O–H groups in total. The van der Waals surface area contributed by atoms with E-state index in [0.29, 0.717) is 32.6 Å². The van der Waals surface area contributed by atoms with Gasteiger partial charge in [-0.15, -0.1) is 0 Å². The number of rotatable bonds is 5. The molecule has 2 heterocycles. The minimum atomic E-state index is -0.358. The molecule has 2 aliphatic heterocycles. The van der Waals surface area contributed by atoms with Crippen molar-refractivity contribution in [3.63, 3.8) is 0 Å². The average Bonchev–Trinajstić information content (AvgIpc) is 3.20. The Morgan fingerprint density at radius 2 is 2.09 bits per heavy atom. The van der Waals surface area contributed by atoms with Crippen LogP contribution in [-0.4, -0.2) is 48.6 Å². The van der Waals surface area contributed by atoms with Gasteiger partial charge in [-0.25, -0.2) is 0 Å². The monoisotopic (exact) mass is 302 g/mol. The zero-order chi connectivity index (χ0) is 15.4. The number of carbonyl (C=O) groups excluding carboxylic acids is 2. The first-order valence-electron chi connectivity index (χ1n) is 7.95. The fourth-order valence-electron chi connectivity index (χ4n) is 3.13. The van der Waals surface area contributed by atoms with Gasteiger partial charge in [-0.3, -0.25) is 9.59 Å². The van der Waals surface area contributed by atoms with Crippen molar-refractivity contribution in [1.82, 2.24) is 10.2 Å². The van der Waals surface area contributed by atoms with E-state index in [1.165, 1.54) is 5.56 Å². The van der Waals surface area contributed by atoms with Crippen LogP contribution in [0.25, 0.3) is 0 Å². The SMILES string of the molecule is O=C1CC[C@H](C(=O)N(CCc2ccccc2)[C@H]2CCOC2)N1. The molecule has 2 amide bonds. The number of hydrogen-bond acceptors (Lipinski definition) is 3. The van der Waals surface area contributed by atoms with Gasteiger partial charge < -0.3 is 15.0 Å². The Bertz CT molecular complexity index is 526. The maximum Gasteiger partial charge on any atom is 0.245 e. The van der Waals surface area contributed by atoms with Crippen LogP contribution in [-0.2, 0) is 20.7 Å². The molecule has 0 aromatic heterocycles. The maximum absolute atomic E-state index is 12.8. The minimum absolute atomic E-state index is 0.0240. The minimum Gasteiger partial charge on any atom is -0.379 e. The molecule has 118 valence electrons. The average molecular weight is 302 g/mol. The number of benzene rings is 1. The molecule has 22 heavy (non-hydrogen) atoms. The highest BCUT2D eigenvalue weighted by Gasteiger charge is 2.35. The molecule has 2 atom stereocenters. The molecule has 2 aliphatic rings. The summed E-state index contributed by atoms with van der Waals surface area (Å²) in [6.07, 6.45) is 2.75. The molecular weight excluding hydrogens is 280 g/mol. The number of hydrogen-bond donors (Lipinski definition) is 1. The van der Waals surface area contributed by atoms with Gasteiger partial charge in [0.05, 0.1) is 12.6 Å². The van der Waals surface area contributed by atoms with Gasteiger partial charge in [0.1, 0.15) is 6.04 Å². The van der Waals surface area contributed by atoms with Crippen LogP contribution < -0.4 is 5.32 Å². The fourth-order valence-corrected chi connectivity index (χ4v) is 3.13. The van der Waals surface area contributed by atoms with E-state index >= 15 is 0 Å². The van der Waals surface area contributed by atoms with Crippen LogP contribution in [0.2, 0.25) is 0 Å². The van der Waals surface area contributed by atoms with Gasteiger partial charge in [0.15, 0.2) is 0 Å². The van der Waals surface area contributed by atoms with E-state index in [1.54, 1.807) is 0 Å². The summed E-state index contributed by atoms with van der Waals surface area (Å²) in [6.45, 7) is 1.97. The van der Waals surface area contributed by atoms with Gasteiger partial charge in [0.25, 0.3) is 0 Å². The predicted molar refractivity (Wildman–Crippen MR) is 82.2 cm³/mol. The van der Waals surface area contributed by atoms with Gasteiger partial charge in [0.2, 0.25) is 11.8 Å². The smallest absolute Gasteiger partial charge is 0.245 e. The Labute approximate surface area is 130 Å². The van der Waals surface area contributed by atoms with Crippen molar-refractivity contribution in [2.24, 2.45) is 0 Å². The first-order chi connectivity index (χ1) is 10.7. The molecule has 5 nitrogen and oxygen atoms in total. The molecule has 2 fully saturated rings. The van der Waals surface area contributed by atoms with Crippen molar-refractivity contribution in [3.8, 4) is 0 Å². The topological polar surface area (TPSA) is 58.6 Å². The summed E-state index contributed by atoms with van der Waals surface area (Å²) in [6, 6.07) is 9.94. The van der Waals surface area contributed by atoms with E-state index in [4.69, 9.17) is 4.74 Å². The second-order valence-electron chi connectivity index (χ2n) is 5.94. The highest BCUT2D eigenvalue weighted by atomic mass is 16.5. The standard InChI is InChI=1S/C17H22N2O3/c20-16-7-6-15(18-16)17(21)19(14-9-11-22-12-14)10-8-13-4-2-1-3-5-13/h1-5,14-15H,6-12H2,(H,18,20)/t14-,15+/m0/s1. The third kappa shape index (κ3) is 3.47. The van der Waals surface area contributed by atoms with Crippen LogP contribution in [0.3, 0.4) is 0 Å². The quantitative estimate of drug-likeness (QED) is 0.887. The Kier molecular flexibility index (Phi) is 4.73. The third-order valence-electron chi connectivity index (χ3n) is 4.41. The van der Waals surface area contributed by atoms with Crippen LogP contribution in [0.1, 0.15) is 24.8 Å². The number of carbonyl (C=O) groups is 2. The summed E-state index contributed by atoms with van der Waals surface area (Å²) in [4.78, 5) is 26.0. The van der Waals surface area contributed by atoms with E-state index < -0.39 is 0 Å². The number of nitrogens with zero attached hydrogens (tertiary/aromatic N) is 1. The number of ether oxygens (including phenoxy) is 1. The summed E-state index contributed by atoms with van der Waals surface area (Å²) < 4.78 is 5.44. The molecule has 0 bridgehead atoms. The number of amides is 2. The zero-order valence-corrected chi connectivity index (χ0v) is 12.7. The summed E-state index contributed by atoms with van der Waals surface area (Å²) in [5, 5.41) is 2.78. The van der Waals surface area contributed by atoms with Crippen molar-refractivity contribution in [2.45, 2.75) is 37.8 Å². The lowest BCUT2D eigenvalue weighted by molar-refractivity contribution is -0.136. The van der Waals surface area contributed by atoms with Crippen molar-refractivity contribution < 1.29 is 14.3 Å². The fraction of sp³-hybridized carbons (Fsp3) is 0.529. The van der Waals surface area contributed by atoms with Gasteiger partial charge in [-0.2, -0.15) is 0 Å². The van der Waals surface area contributed by atoms with Crippen LogP contribution in [0, 0.1) is 0 Å². The highest BCUT2D eigenvalue weighted by Crippen LogP contribution is 2.18. The molecule has 0 unspecified atom stereocenters. The normalized spacial score (nSPS) is 24.3. The molecule has 0 radical (unpaired) electrons. The summed E-state index contributed by atoms with van der Waals surface area (Å²) >= 11 is 0. The zero-order valence-electron chi connectivity index (χ0n) is 12.7. The lowest BCUT2D eigenvalue weighted by atomic mass is 10.1.